The summed E-state index contributed by atoms with van der Waals surface area (Å²) in [7, 11) is 0. The summed E-state index contributed by atoms with van der Waals surface area (Å²) in [4.78, 5) is 39.2. The first-order chi connectivity index (χ1) is 15.8. The van der Waals surface area contributed by atoms with Crippen LogP contribution in [0.4, 0.5) is 0 Å². The largest absolute Gasteiger partial charge is 0.376 e. The molecule has 1 unspecified atom stereocenters. The number of carbonyl (C=O) groups is 3. The van der Waals surface area contributed by atoms with Gasteiger partial charge < -0.3 is 9.47 Å². The molecule has 0 N–H and O–H groups in total. The lowest BCUT2D eigenvalue weighted by molar-refractivity contribution is -0.147. The highest BCUT2D eigenvalue weighted by molar-refractivity contribution is 6.10. The van der Waals surface area contributed by atoms with Gasteiger partial charge >= 0.3 is 0 Å². The van der Waals surface area contributed by atoms with Crippen LogP contribution < -0.4 is 0 Å². The van der Waals surface area contributed by atoms with Gasteiger partial charge in [0, 0.05) is 24.8 Å². The molecule has 33 heavy (non-hydrogen) atoms. The zero-order valence-corrected chi connectivity index (χ0v) is 20.0. The van der Waals surface area contributed by atoms with Crippen molar-refractivity contribution in [1.29, 1.82) is 0 Å². The smallest absolute Gasteiger partial charge is 0.164 e. The minimum atomic E-state index is -0.651. The summed E-state index contributed by atoms with van der Waals surface area (Å²) in [5.74, 6) is 5.85. The van der Waals surface area contributed by atoms with Crippen molar-refractivity contribution >= 4 is 17.3 Å². The van der Waals surface area contributed by atoms with E-state index in [1.54, 1.807) is 6.92 Å². The Morgan fingerprint density at radius 2 is 1.70 bits per heavy atom. The molecule has 0 bridgehead atoms. The molecule has 1 saturated heterocycles. The fourth-order valence-corrected chi connectivity index (χ4v) is 6.09. The minimum Gasteiger partial charge on any atom is -0.376 e. The second-order valence-corrected chi connectivity index (χ2v) is 10.2. The topological polar surface area (TPSA) is 69.7 Å². The van der Waals surface area contributed by atoms with Gasteiger partial charge in [-0.3, -0.25) is 14.4 Å². The van der Waals surface area contributed by atoms with Crippen molar-refractivity contribution in [2.45, 2.75) is 77.7 Å². The van der Waals surface area contributed by atoms with E-state index in [2.05, 4.69) is 11.8 Å². The third kappa shape index (κ3) is 5.13. The average Bonchev–Trinajstić information content (AvgIpc) is 2.78. The van der Waals surface area contributed by atoms with Gasteiger partial charge in [0.2, 0.25) is 0 Å². The molecule has 176 valence electrons. The lowest BCUT2D eigenvalue weighted by Crippen LogP contribution is -2.42. The van der Waals surface area contributed by atoms with Crippen LogP contribution in [0.1, 0.15) is 80.0 Å². The van der Waals surface area contributed by atoms with Crippen LogP contribution >= 0.6 is 0 Å². The van der Waals surface area contributed by atoms with Crippen LogP contribution in [0.25, 0.3) is 0 Å². The van der Waals surface area contributed by atoms with Crippen molar-refractivity contribution in [3.8, 4) is 11.8 Å². The second-order valence-electron chi connectivity index (χ2n) is 10.2. The molecule has 1 heterocycles. The van der Waals surface area contributed by atoms with Crippen LogP contribution in [0.5, 0.6) is 0 Å². The van der Waals surface area contributed by atoms with Crippen molar-refractivity contribution in [3.63, 3.8) is 0 Å². The maximum Gasteiger partial charge on any atom is 0.164 e. The Morgan fingerprint density at radius 3 is 2.24 bits per heavy atom. The Balaban J connectivity index is 1.40. The van der Waals surface area contributed by atoms with Crippen molar-refractivity contribution in [2.75, 3.05) is 19.8 Å². The number of benzene rings is 1. The highest BCUT2D eigenvalue weighted by Gasteiger charge is 2.47. The molecule has 2 saturated carbocycles. The molecule has 3 fully saturated rings. The molecule has 1 spiro atoms. The summed E-state index contributed by atoms with van der Waals surface area (Å²) < 4.78 is 10.9. The van der Waals surface area contributed by atoms with Crippen LogP contribution in [-0.2, 0) is 23.9 Å². The fourth-order valence-electron chi connectivity index (χ4n) is 6.09. The summed E-state index contributed by atoms with van der Waals surface area (Å²) in [6, 6.07) is 3.96. The van der Waals surface area contributed by atoms with Gasteiger partial charge in [-0.1, -0.05) is 5.92 Å². The van der Waals surface area contributed by atoms with Crippen molar-refractivity contribution in [1.82, 2.24) is 0 Å². The number of hydrogen-bond acceptors (Lipinski definition) is 5. The summed E-state index contributed by atoms with van der Waals surface area (Å²) in [5.41, 5.74) is 3.49. The molecule has 1 atom stereocenters. The third-order valence-electron chi connectivity index (χ3n) is 7.72. The lowest BCUT2D eigenvalue weighted by Gasteiger charge is -2.43. The fraction of sp³-hybridized carbons (Fsp3) is 0.607. The van der Waals surface area contributed by atoms with E-state index >= 15 is 0 Å². The van der Waals surface area contributed by atoms with E-state index in [9.17, 15) is 14.4 Å². The van der Waals surface area contributed by atoms with E-state index in [1.165, 1.54) is 0 Å². The first-order valence-electron chi connectivity index (χ1n) is 12.1. The SMILES string of the molecule is CC#Cc1cc(C)c(C2C(=O)CC3(CCC(CC(=O)C4COCCO4)CC3)CC2=O)c(C)c1. The van der Waals surface area contributed by atoms with Gasteiger partial charge in [-0.25, -0.2) is 0 Å². The number of aryl methyl sites for hydroxylation is 2. The molecule has 0 aromatic heterocycles. The molecular weight excluding hydrogens is 416 g/mol. The molecule has 4 rings (SSSR count). The number of hydrogen-bond donors (Lipinski definition) is 0. The minimum absolute atomic E-state index is 0.0501. The van der Waals surface area contributed by atoms with E-state index in [1.807, 2.05) is 26.0 Å². The number of ketones is 3. The van der Waals surface area contributed by atoms with Gasteiger partial charge in [0.05, 0.1) is 19.8 Å². The highest BCUT2D eigenvalue weighted by atomic mass is 16.6. The van der Waals surface area contributed by atoms with Crippen LogP contribution in [0.15, 0.2) is 12.1 Å². The highest BCUT2D eigenvalue weighted by Crippen LogP contribution is 2.50. The molecule has 5 heteroatoms. The summed E-state index contributed by atoms with van der Waals surface area (Å²) in [6.45, 7) is 7.12. The van der Waals surface area contributed by atoms with Gasteiger partial charge in [-0.15, -0.1) is 5.92 Å². The molecule has 0 amide bonds. The third-order valence-corrected chi connectivity index (χ3v) is 7.72. The Morgan fingerprint density at radius 1 is 1.06 bits per heavy atom. The molecular formula is C28H34O5. The van der Waals surface area contributed by atoms with Gasteiger partial charge in [-0.2, -0.15) is 0 Å². The van der Waals surface area contributed by atoms with Crippen LogP contribution in [0.3, 0.4) is 0 Å². The van der Waals surface area contributed by atoms with Crippen LogP contribution in [0, 0.1) is 37.0 Å². The number of ether oxygens (including phenoxy) is 2. The van der Waals surface area contributed by atoms with Crippen molar-refractivity contribution < 1.29 is 23.9 Å². The maximum atomic E-state index is 13.3. The standard InChI is InChI=1S/C28H34O5/c1-4-5-21-12-18(2)26(19(3)13-21)27-23(30)15-28(16-24(27)31)8-6-20(7-9-28)14-22(29)25-17-32-10-11-33-25/h12-13,20,25,27H,6-11,14-17H2,1-3H3. The predicted molar refractivity (Wildman–Crippen MR) is 125 cm³/mol. The quantitative estimate of drug-likeness (QED) is 0.507. The molecule has 2 aliphatic carbocycles. The van der Waals surface area contributed by atoms with E-state index in [0.717, 1.165) is 47.9 Å². The molecule has 1 aliphatic heterocycles. The zero-order chi connectivity index (χ0) is 23.6. The van der Waals surface area contributed by atoms with Gasteiger partial charge in [0.1, 0.15) is 23.6 Å². The Hall–Kier alpha value is -2.29. The van der Waals surface area contributed by atoms with E-state index < -0.39 is 12.0 Å². The zero-order valence-electron chi connectivity index (χ0n) is 20.0. The first kappa shape index (κ1) is 23.9. The van der Waals surface area contributed by atoms with E-state index in [-0.39, 0.29) is 22.8 Å². The number of carbonyl (C=O) groups excluding carboxylic acids is 3. The summed E-state index contributed by atoms with van der Waals surface area (Å²) in [6.07, 6.45) is 4.41. The predicted octanol–water partition coefficient (Wildman–Crippen LogP) is 4.24. The lowest BCUT2D eigenvalue weighted by atomic mass is 9.59. The Bertz CT molecular complexity index is 954. The average molecular weight is 451 g/mol. The summed E-state index contributed by atoms with van der Waals surface area (Å²) >= 11 is 0. The molecule has 1 aromatic rings. The summed E-state index contributed by atoms with van der Waals surface area (Å²) in [5, 5.41) is 0. The normalized spacial score (nSPS) is 30.1. The van der Waals surface area contributed by atoms with Gasteiger partial charge in [0.15, 0.2) is 5.78 Å². The van der Waals surface area contributed by atoms with Crippen molar-refractivity contribution in [3.05, 3.63) is 34.4 Å². The van der Waals surface area contributed by atoms with Crippen molar-refractivity contribution in [2.24, 2.45) is 11.3 Å². The van der Waals surface area contributed by atoms with E-state index in [0.29, 0.717) is 45.0 Å². The second kappa shape index (κ2) is 9.91. The Labute approximate surface area is 196 Å². The number of Topliss-reactive ketones (excluding diaryl/α,β-unsaturated/α-hetero) is 3. The molecule has 1 aromatic carbocycles. The first-order valence-corrected chi connectivity index (χ1v) is 12.1. The van der Waals surface area contributed by atoms with Crippen LogP contribution in [-0.4, -0.2) is 43.3 Å². The van der Waals surface area contributed by atoms with E-state index in [4.69, 9.17) is 9.47 Å². The number of rotatable bonds is 4. The van der Waals surface area contributed by atoms with Gasteiger partial charge in [0.25, 0.3) is 0 Å². The molecule has 5 nitrogen and oxygen atoms in total. The monoisotopic (exact) mass is 450 g/mol. The Kier molecular flexibility index (Phi) is 7.16. The molecule has 0 radical (unpaired) electrons. The maximum absolute atomic E-state index is 13.3. The van der Waals surface area contributed by atoms with Crippen LogP contribution in [0.2, 0.25) is 0 Å². The molecule has 3 aliphatic rings. The van der Waals surface area contributed by atoms with Gasteiger partial charge in [-0.05, 0) is 86.6 Å².